The lowest BCUT2D eigenvalue weighted by Gasteiger charge is -2.01. The van der Waals surface area contributed by atoms with E-state index in [0.717, 1.165) is 5.56 Å². The van der Waals surface area contributed by atoms with Crippen LogP contribution in [-0.4, -0.2) is 15.1 Å². The van der Waals surface area contributed by atoms with E-state index in [0.29, 0.717) is 18.3 Å². The minimum Gasteiger partial charge on any atom is -0.367 e. The lowest BCUT2D eigenvalue weighted by atomic mass is 10.2. The van der Waals surface area contributed by atoms with Gasteiger partial charge in [0.1, 0.15) is 6.61 Å². The van der Waals surface area contributed by atoms with Gasteiger partial charge in [0.05, 0.1) is 11.5 Å². The molecule has 7 nitrogen and oxygen atoms in total. The largest absolute Gasteiger partial charge is 0.367 e. The number of hydrogen-bond acceptors (Lipinski definition) is 6. The molecule has 0 aliphatic heterocycles. The number of nitro groups is 1. The van der Waals surface area contributed by atoms with E-state index >= 15 is 0 Å². The zero-order valence-corrected chi connectivity index (χ0v) is 9.70. The standard InChI is InChI=1S/C11H11N3O4/c1-8-12-11(18-13-8)7-17-6-9-2-4-10(5-3-9)14(15)16/h2-5H,6-7H2,1H3. The molecule has 0 amide bonds. The number of benzene rings is 1. The number of aromatic nitrogens is 2. The van der Waals surface area contributed by atoms with Crippen LogP contribution < -0.4 is 0 Å². The Morgan fingerprint density at radius 3 is 2.61 bits per heavy atom. The minimum atomic E-state index is -0.439. The first kappa shape index (κ1) is 12.2. The predicted octanol–water partition coefficient (Wildman–Crippen LogP) is 2.00. The first-order valence-corrected chi connectivity index (χ1v) is 5.25. The third-order valence-electron chi connectivity index (χ3n) is 2.21. The molecular formula is C11H11N3O4. The van der Waals surface area contributed by atoms with Crippen molar-refractivity contribution in [3.8, 4) is 0 Å². The maximum Gasteiger partial charge on any atom is 0.269 e. The van der Waals surface area contributed by atoms with E-state index in [9.17, 15) is 10.1 Å². The summed E-state index contributed by atoms with van der Waals surface area (Å²) in [7, 11) is 0. The van der Waals surface area contributed by atoms with Crippen molar-refractivity contribution in [1.29, 1.82) is 0 Å². The van der Waals surface area contributed by atoms with E-state index in [2.05, 4.69) is 10.1 Å². The van der Waals surface area contributed by atoms with E-state index in [1.165, 1.54) is 12.1 Å². The Balaban J connectivity index is 1.85. The molecule has 0 aliphatic carbocycles. The van der Waals surface area contributed by atoms with Gasteiger partial charge in [-0.25, -0.2) is 0 Å². The van der Waals surface area contributed by atoms with Crippen molar-refractivity contribution in [3.05, 3.63) is 51.7 Å². The first-order chi connectivity index (χ1) is 8.65. The molecule has 2 aromatic rings. The van der Waals surface area contributed by atoms with Gasteiger partial charge < -0.3 is 9.26 Å². The van der Waals surface area contributed by atoms with Crippen molar-refractivity contribution < 1.29 is 14.2 Å². The second-order valence-corrected chi connectivity index (χ2v) is 3.65. The summed E-state index contributed by atoms with van der Waals surface area (Å²) in [6.07, 6.45) is 0. The van der Waals surface area contributed by atoms with Gasteiger partial charge in [-0.05, 0) is 24.6 Å². The van der Waals surface area contributed by atoms with Crippen LogP contribution in [0.5, 0.6) is 0 Å². The SMILES string of the molecule is Cc1noc(COCc2ccc([N+](=O)[O-])cc2)n1. The molecule has 94 valence electrons. The number of aryl methyl sites for hydroxylation is 1. The normalized spacial score (nSPS) is 10.5. The van der Waals surface area contributed by atoms with Crippen molar-refractivity contribution in [2.24, 2.45) is 0 Å². The van der Waals surface area contributed by atoms with Crippen LogP contribution in [0, 0.1) is 17.0 Å². The van der Waals surface area contributed by atoms with Crippen molar-refractivity contribution in [3.63, 3.8) is 0 Å². The molecule has 0 N–H and O–H groups in total. The average Bonchev–Trinajstić information content (AvgIpc) is 2.76. The highest BCUT2D eigenvalue weighted by molar-refractivity contribution is 5.32. The van der Waals surface area contributed by atoms with Gasteiger partial charge in [0.2, 0.25) is 0 Å². The lowest BCUT2D eigenvalue weighted by Crippen LogP contribution is -1.95. The van der Waals surface area contributed by atoms with Gasteiger partial charge in [-0.15, -0.1) is 0 Å². The van der Waals surface area contributed by atoms with E-state index in [-0.39, 0.29) is 12.3 Å². The Kier molecular flexibility index (Phi) is 3.63. The summed E-state index contributed by atoms with van der Waals surface area (Å²) in [6, 6.07) is 6.18. The van der Waals surface area contributed by atoms with Crippen LogP contribution in [0.2, 0.25) is 0 Å². The predicted molar refractivity (Wildman–Crippen MR) is 60.6 cm³/mol. The average molecular weight is 249 g/mol. The summed E-state index contributed by atoms with van der Waals surface area (Å²) < 4.78 is 10.2. The summed E-state index contributed by atoms with van der Waals surface area (Å²) in [5.74, 6) is 0.971. The number of rotatable bonds is 5. The Labute approximate surface area is 103 Å². The maximum absolute atomic E-state index is 10.5. The number of non-ortho nitro benzene ring substituents is 1. The van der Waals surface area contributed by atoms with E-state index in [1.54, 1.807) is 19.1 Å². The van der Waals surface area contributed by atoms with Crippen LogP contribution in [0.15, 0.2) is 28.8 Å². The van der Waals surface area contributed by atoms with Gasteiger partial charge in [-0.3, -0.25) is 10.1 Å². The van der Waals surface area contributed by atoms with Crippen LogP contribution in [-0.2, 0) is 18.0 Å². The van der Waals surface area contributed by atoms with E-state index in [1.807, 2.05) is 0 Å². The molecule has 18 heavy (non-hydrogen) atoms. The summed E-state index contributed by atoms with van der Waals surface area (Å²) in [5, 5.41) is 14.1. The molecule has 1 heterocycles. The number of nitro benzene ring substituents is 1. The summed E-state index contributed by atoms with van der Waals surface area (Å²) in [4.78, 5) is 14.0. The molecule has 0 unspecified atom stereocenters. The monoisotopic (exact) mass is 249 g/mol. The third kappa shape index (κ3) is 3.11. The Bertz CT molecular complexity index is 535. The zero-order valence-electron chi connectivity index (χ0n) is 9.70. The molecule has 0 spiro atoms. The molecule has 2 rings (SSSR count). The fraction of sp³-hybridized carbons (Fsp3) is 0.273. The van der Waals surface area contributed by atoms with Gasteiger partial charge >= 0.3 is 0 Å². The van der Waals surface area contributed by atoms with Crippen LogP contribution in [0.25, 0.3) is 0 Å². The summed E-state index contributed by atoms with van der Waals surface area (Å²) >= 11 is 0. The molecule has 0 saturated carbocycles. The Morgan fingerprint density at radius 2 is 2.06 bits per heavy atom. The molecule has 0 radical (unpaired) electrons. The highest BCUT2D eigenvalue weighted by Gasteiger charge is 2.05. The van der Waals surface area contributed by atoms with Gasteiger partial charge in [0, 0.05) is 12.1 Å². The first-order valence-electron chi connectivity index (χ1n) is 5.25. The second-order valence-electron chi connectivity index (χ2n) is 3.65. The van der Waals surface area contributed by atoms with Crippen LogP contribution in [0.1, 0.15) is 17.3 Å². The molecule has 0 fully saturated rings. The third-order valence-corrected chi connectivity index (χ3v) is 2.21. The zero-order chi connectivity index (χ0) is 13.0. The molecule has 1 aromatic carbocycles. The van der Waals surface area contributed by atoms with Crippen molar-refractivity contribution in [2.75, 3.05) is 0 Å². The fourth-order valence-corrected chi connectivity index (χ4v) is 1.37. The molecule has 1 aromatic heterocycles. The molecule has 0 atom stereocenters. The van der Waals surface area contributed by atoms with Gasteiger partial charge in [0.25, 0.3) is 11.6 Å². The molecule has 0 saturated heterocycles. The summed E-state index contributed by atoms with van der Waals surface area (Å²) in [5.41, 5.74) is 0.906. The van der Waals surface area contributed by atoms with Crippen LogP contribution in [0.4, 0.5) is 5.69 Å². The van der Waals surface area contributed by atoms with E-state index < -0.39 is 4.92 Å². The quantitative estimate of drug-likeness (QED) is 0.594. The van der Waals surface area contributed by atoms with Crippen molar-refractivity contribution >= 4 is 5.69 Å². The molecule has 0 aliphatic rings. The Hall–Kier alpha value is -2.28. The van der Waals surface area contributed by atoms with E-state index in [4.69, 9.17) is 9.26 Å². The second kappa shape index (κ2) is 5.37. The maximum atomic E-state index is 10.5. The highest BCUT2D eigenvalue weighted by Crippen LogP contribution is 2.13. The molecule has 7 heteroatoms. The molecular weight excluding hydrogens is 238 g/mol. The van der Waals surface area contributed by atoms with Gasteiger partial charge in [0.15, 0.2) is 5.82 Å². The fourth-order valence-electron chi connectivity index (χ4n) is 1.37. The van der Waals surface area contributed by atoms with Crippen molar-refractivity contribution in [1.82, 2.24) is 10.1 Å². The number of hydrogen-bond donors (Lipinski definition) is 0. The van der Waals surface area contributed by atoms with Gasteiger partial charge in [-0.1, -0.05) is 5.16 Å². The highest BCUT2D eigenvalue weighted by atomic mass is 16.6. The van der Waals surface area contributed by atoms with Crippen LogP contribution in [0.3, 0.4) is 0 Å². The minimum absolute atomic E-state index is 0.0614. The van der Waals surface area contributed by atoms with Crippen LogP contribution >= 0.6 is 0 Å². The number of nitrogens with zero attached hydrogens (tertiary/aromatic N) is 3. The van der Waals surface area contributed by atoms with Gasteiger partial charge in [-0.2, -0.15) is 4.98 Å². The Morgan fingerprint density at radius 1 is 1.33 bits per heavy atom. The molecule has 0 bridgehead atoms. The smallest absolute Gasteiger partial charge is 0.269 e. The summed E-state index contributed by atoms with van der Waals surface area (Å²) in [6.45, 7) is 2.28. The topological polar surface area (TPSA) is 91.3 Å². The number of ether oxygens (including phenoxy) is 1. The lowest BCUT2D eigenvalue weighted by molar-refractivity contribution is -0.384. The van der Waals surface area contributed by atoms with Crippen molar-refractivity contribution in [2.45, 2.75) is 20.1 Å².